The fourth-order valence-corrected chi connectivity index (χ4v) is 1.72. The molecule has 0 fully saturated rings. The summed E-state index contributed by atoms with van der Waals surface area (Å²) in [7, 11) is 1.41. The van der Waals surface area contributed by atoms with E-state index in [-0.39, 0.29) is 5.97 Å². The van der Waals surface area contributed by atoms with Gasteiger partial charge in [-0.3, -0.25) is 4.79 Å². The third-order valence-corrected chi connectivity index (χ3v) is 2.97. The van der Waals surface area contributed by atoms with E-state index in [4.69, 9.17) is 0 Å². The number of hydrogen-bond donors (Lipinski definition) is 2. The summed E-state index contributed by atoms with van der Waals surface area (Å²) in [5, 5.41) is 18.9. The largest absolute Gasteiger partial charge is 0.469 e. The van der Waals surface area contributed by atoms with Gasteiger partial charge in [0.05, 0.1) is 19.3 Å². The van der Waals surface area contributed by atoms with Gasteiger partial charge in [-0.25, -0.2) is 0 Å². The molecule has 4 heteroatoms. The Kier molecular flexibility index (Phi) is 10.2. The van der Waals surface area contributed by atoms with Crippen LogP contribution in [0.5, 0.6) is 0 Å². The van der Waals surface area contributed by atoms with Gasteiger partial charge < -0.3 is 14.9 Å². The average molecular weight is 246 g/mol. The van der Waals surface area contributed by atoms with Crippen molar-refractivity contribution in [2.24, 2.45) is 0 Å². The number of carbonyl (C=O) groups excluding carboxylic acids is 1. The summed E-state index contributed by atoms with van der Waals surface area (Å²) in [6.07, 6.45) is 5.48. The number of esters is 1. The molecular formula is C13H26O4. The van der Waals surface area contributed by atoms with Gasteiger partial charge in [0, 0.05) is 6.42 Å². The lowest BCUT2D eigenvalue weighted by Crippen LogP contribution is -2.24. The lowest BCUT2D eigenvalue weighted by Gasteiger charge is -2.15. The maximum Gasteiger partial charge on any atom is 0.305 e. The van der Waals surface area contributed by atoms with Crippen LogP contribution in [0.15, 0.2) is 0 Å². The summed E-state index contributed by atoms with van der Waals surface area (Å²) in [6.45, 7) is 1.86. The van der Waals surface area contributed by atoms with Crippen molar-refractivity contribution in [1.29, 1.82) is 0 Å². The second kappa shape index (κ2) is 10.5. The molecule has 2 N–H and O–H groups in total. The lowest BCUT2D eigenvalue weighted by molar-refractivity contribution is -0.140. The molecule has 0 saturated heterocycles. The molecule has 102 valence electrons. The number of aliphatic hydroxyl groups is 2. The number of methoxy groups -OCH3 is 1. The maximum atomic E-state index is 10.8. The van der Waals surface area contributed by atoms with Crippen molar-refractivity contribution in [3.63, 3.8) is 0 Å². The Morgan fingerprint density at radius 1 is 1.06 bits per heavy atom. The van der Waals surface area contributed by atoms with Crippen molar-refractivity contribution < 1.29 is 19.7 Å². The SMILES string of the molecule is CCC(O)[C@@H](O)CCCCCCCC(=O)OC. The molecule has 1 unspecified atom stereocenters. The first-order valence-corrected chi connectivity index (χ1v) is 6.54. The number of unbranched alkanes of at least 4 members (excludes halogenated alkanes) is 4. The van der Waals surface area contributed by atoms with E-state index in [0.717, 1.165) is 32.1 Å². The van der Waals surface area contributed by atoms with Crippen LogP contribution >= 0.6 is 0 Å². The van der Waals surface area contributed by atoms with E-state index in [0.29, 0.717) is 19.3 Å². The zero-order valence-corrected chi connectivity index (χ0v) is 11.0. The van der Waals surface area contributed by atoms with E-state index >= 15 is 0 Å². The van der Waals surface area contributed by atoms with Crippen molar-refractivity contribution in [2.75, 3.05) is 7.11 Å². The highest BCUT2D eigenvalue weighted by Gasteiger charge is 2.12. The molecule has 0 aliphatic rings. The molecule has 0 bridgehead atoms. The average Bonchev–Trinajstić information content (AvgIpc) is 2.35. The summed E-state index contributed by atoms with van der Waals surface area (Å²) in [5.41, 5.74) is 0. The van der Waals surface area contributed by atoms with Gasteiger partial charge >= 0.3 is 5.97 Å². The van der Waals surface area contributed by atoms with Gasteiger partial charge in [-0.2, -0.15) is 0 Å². The van der Waals surface area contributed by atoms with E-state index in [9.17, 15) is 15.0 Å². The molecule has 0 aliphatic heterocycles. The minimum absolute atomic E-state index is 0.147. The van der Waals surface area contributed by atoms with Gasteiger partial charge in [0.2, 0.25) is 0 Å². The van der Waals surface area contributed by atoms with Crippen LogP contribution in [0.25, 0.3) is 0 Å². The molecule has 0 aliphatic carbocycles. The Morgan fingerprint density at radius 3 is 2.24 bits per heavy atom. The zero-order valence-electron chi connectivity index (χ0n) is 11.0. The van der Waals surface area contributed by atoms with Crippen LogP contribution in [0.4, 0.5) is 0 Å². The van der Waals surface area contributed by atoms with Gasteiger partial charge in [0.25, 0.3) is 0 Å². The third kappa shape index (κ3) is 9.12. The summed E-state index contributed by atoms with van der Waals surface area (Å²) in [4.78, 5) is 10.8. The molecule has 0 aromatic rings. The molecule has 0 rings (SSSR count). The molecule has 0 amide bonds. The zero-order chi connectivity index (χ0) is 13.1. The predicted molar refractivity (Wildman–Crippen MR) is 66.6 cm³/mol. The molecule has 2 atom stereocenters. The number of rotatable bonds is 10. The van der Waals surface area contributed by atoms with Crippen molar-refractivity contribution in [1.82, 2.24) is 0 Å². The first-order chi connectivity index (χ1) is 8.11. The second-order valence-corrected chi connectivity index (χ2v) is 4.43. The van der Waals surface area contributed by atoms with E-state index in [1.54, 1.807) is 0 Å². The maximum absolute atomic E-state index is 10.8. The fourth-order valence-electron chi connectivity index (χ4n) is 1.72. The monoisotopic (exact) mass is 246 g/mol. The Hall–Kier alpha value is -0.610. The van der Waals surface area contributed by atoms with Crippen LogP contribution in [-0.2, 0) is 9.53 Å². The fraction of sp³-hybridized carbons (Fsp3) is 0.923. The smallest absolute Gasteiger partial charge is 0.305 e. The molecule has 0 aromatic heterocycles. The molecule has 17 heavy (non-hydrogen) atoms. The first kappa shape index (κ1) is 16.4. The number of carbonyl (C=O) groups is 1. The van der Waals surface area contributed by atoms with E-state index in [2.05, 4.69) is 4.74 Å². The van der Waals surface area contributed by atoms with Gasteiger partial charge in [-0.1, -0.05) is 32.6 Å². The van der Waals surface area contributed by atoms with E-state index in [1.807, 2.05) is 6.92 Å². The van der Waals surface area contributed by atoms with Gasteiger partial charge in [-0.15, -0.1) is 0 Å². The number of aliphatic hydroxyl groups excluding tert-OH is 2. The van der Waals surface area contributed by atoms with Crippen molar-refractivity contribution in [2.45, 2.75) is 70.5 Å². The van der Waals surface area contributed by atoms with Crippen LogP contribution in [0.2, 0.25) is 0 Å². The highest BCUT2D eigenvalue weighted by atomic mass is 16.5. The quantitative estimate of drug-likeness (QED) is 0.457. The van der Waals surface area contributed by atoms with Crippen molar-refractivity contribution >= 4 is 5.97 Å². The molecule has 0 saturated carbocycles. The van der Waals surface area contributed by atoms with Crippen LogP contribution in [0, 0.1) is 0 Å². The van der Waals surface area contributed by atoms with Crippen molar-refractivity contribution in [3.05, 3.63) is 0 Å². The van der Waals surface area contributed by atoms with Crippen LogP contribution < -0.4 is 0 Å². The third-order valence-electron chi connectivity index (χ3n) is 2.97. The van der Waals surface area contributed by atoms with Crippen molar-refractivity contribution in [3.8, 4) is 0 Å². The minimum Gasteiger partial charge on any atom is -0.469 e. The summed E-state index contributed by atoms with van der Waals surface area (Å²) >= 11 is 0. The highest BCUT2D eigenvalue weighted by Crippen LogP contribution is 2.11. The molecule has 0 aromatic carbocycles. The molecule has 0 heterocycles. The van der Waals surface area contributed by atoms with Gasteiger partial charge in [-0.05, 0) is 19.3 Å². The molecule has 4 nitrogen and oxygen atoms in total. The topological polar surface area (TPSA) is 66.8 Å². The Balaban J connectivity index is 3.26. The lowest BCUT2D eigenvalue weighted by atomic mass is 10.0. The van der Waals surface area contributed by atoms with Gasteiger partial charge in [0.15, 0.2) is 0 Å². The molecule has 0 radical (unpaired) electrons. The summed E-state index contributed by atoms with van der Waals surface area (Å²) in [5.74, 6) is -0.147. The second-order valence-electron chi connectivity index (χ2n) is 4.43. The normalized spacial score (nSPS) is 14.4. The Morgan fingerprint density at radius 2 is 1.65 bits per heavy atom. The predicted octanol–water partition coefficient (Wildman–Crippen LogP) is 2.02. The standard InChI is InChI=1S/C13H26O4/c1-3-11(14)12(15)9-7-5-4-6-8-10-13(16)17-2/h11-12,14-15H,3-10H2,1-2H3/t11?,12-/m0/s1. The molecular weight excluding hydrogens is 220 g/mol. The Bertz CT molecular complexity index is 194. The van der Waals surface area contributed by atoms with E-state index in [1.165, 1.54) is 7.11 Å². The minimum atomic E-state index is -0.589. The summed E-state index contributed by atoms with van der Waals surface area (Å²) < 4.78 is 4.55. The highest BCUT2D eigenvalue weighted by molar-refractivity contribution is 5.68. The number of ether oxygens (including phenoxy) is 1. The Labute approximate surface area is 104 Å². The van der Waals surface area contributed by atoms with Crippen LogP contribution in [0.1, 0.15) is 58.3 Å². The van der Waals surface area contributed by atoms with Gasteiger partial charge in [0.1, 0.15) is 0 Å². The first-order valence-electron chi connectivity index (χ1n) is 6.54. The van der Waals surface area contributed by atoms with E-state index < -0.39 is 12.2 Å². The van der Waals surface area contributed by atoms with Crippen LogP contribution in [0.3, 0.4) is 0 Å². The molecule has 0 spiro atoms. The number of hydrogen-bond acceptors (Lipinski definition) is 4. The summed E-state index contributed by atoms with van der Waals surface area (Å²) in [6, 6.07) is 0. The van der Waals surface area contributed by atoms with Crippen LogP contribution in [-0.4, -0.2) is 35.5 Å².